The maximum atomic E-state index is 5.57. The van der Waals surface area contributed by atoms with E-state index in [9.17, 15) is 0 Å². The molecule has 0 saturated heterocycles. The van der Waals surface area contributed by atoms with E-state index in [4.69, 9.17) is 4.42 Å². The molecule has 0 aliphatic rings. The molecule has 0 spiro atoms. The molecule has 0 aliphatic carbocycles. The lowest BCUT2D eigenvalue weighted by molar-refractivity contribution is 0.255. The molecular formula is C20H31N5O. The Labute approximate surface area is 156 Å². The first-order valence-corrected chi connectivity index (χ1v) is 9.36. The number of aromatic nitrogens is 1. The minimum Gasteiger partial charge on any atom is -0.444 e. The van der Waals surface area contributed by atoms with Crippen molar-refractivity contribution in [3.05, 3.63) is 42.3 Å². The number of hydrogen-bond donors (Lipinski definition) is 2. The van der Waals surface area contributed by atoms with Crippen LogP contribution in [0.15, 0.2) is 46.0 Å². The predicted molar refractivity (Wildman–Crippen MR) is 107 cm³/mol. The van der Waals surface area contributed by atoms with Crippen molar-refractivity contribution in [2.24, 2.45) is 4.99 Å². The highest BCUT2D eigenvalue weighted by Gasteiger charge is 2.08. The zero-order valence-electron chi connectivity index (χ0n) is 16.3. The van der Waals surface area contributed by atoms with E-state index in [2.05, 4.69) is 53.3 Å². The summed E-state index contributed by atoms with van der Waals surface area (Å²) < 4.78 is 5.57. The molecule has 1 unspecified atom stereocenters. The molecule has 2 rings (SSSR count). The third kappa shape index (κ3) is 6.19. The average molecular weight is 358 g/mol. The minimum atomic E-state index is 0.479. The molecule has 1 heterocycles. The first-order valence-electron chi connectivity index (χ1n) is 9.36. The van der Waals surface area contributed by atoms with E-state index in [0.29, 0.717) is 18.5 Å². The molecule has 1 aromatic heterocycles. The molecule has 26 heavy (non-hydrogen) atoms. The Morgan fingerprint density at radius 2 is 2.00 bits per heavy atom. The largest absolute Gasteiger partial charge is 0.444 e. The fourth-order valence-electron chi connectivity index (χ4n) is 2.48. The number of aliphatic imine (C=N–C) groups is 1. The van der Waals surface area contributed by atoms with Crippen molar-refractivity contribution < 1.29 is 4.42 Å². The van der Waals surface area contributed by atoms with Gasteiger partial charge >= 0.3 is 0 Å². The molecule has 6 heteroatoms. The molecule has 2 N–H and O–H groups in total. The summed E-state index contributed by atoms with van der Waals surface area (Å²) in [6.07, 6.45) is 2.83. The van der Waals surface area contributed by atoms with Gasteiger partial charge in [0.15, 0.2) is 5.96 Å². The minimum absolute atomic E-state index is 0.479. The number of hydrogen-bond acceptors (Lipinski definition) is 4. The smallest absolute Gasteiger partial charge is 0.226 e. The average Bonchev–Trinajstić information content (AvgIpc) is 3.15. The summed E-state index contributed by atoms with van der Waals surface area (Å²) in [5, 5.41) is 6.65. The maximum Gasteiger partial charge on any atom is 0.226 e. The van der Waals surface area contributed by atoms with Gasteiger partial charge in [0.05, 0.1) is 6.54 Å². The molecule has 1 atom stereocenters. The maximum absolute atomic E-state index is 5.57. The second-order valence-electron chi connectivity index (χ2n) is 6.37. The zero-order valence-corrected chi connectivity index (χ0v) is 16.3. The molecule has 0 aliphatic heterocycles. The summed E-state index contributed by atoms with van der Waals surface area (Å²) in [6.45, 7) is 9.64. The topological polar surface area (TPSA) is 65.7 Å². The number of oxazole rings is 1. The molecule has 0 fully saturated rings. The summed E-state index contributed by atoms with van der Waals surface area (Å²) in [4.78, 5) is 11.5. The normalized spacial score (nSPS) is 13.0. The van der Waals surface area contributed by atoms with Gasteiger partial charge in [-0.05, 0) is 39.4 Å². The summed E-state index contributed by atoms with van der Waals surface area (Å²) in [7, 11) is 2.15. The number of nitrogens with one attached hydrogen (secondary N) is 2. The second-order valence-corrected chi connectivity index (χ2v) is 6.37. The van der Waals surface area contributed by atoms with Gasteiger partial charge in [-0.25, -0.2) is 9.98 Å². The number of benzene rings is 1. The van der Waals surface area contributed by atoms with Crippen LogP contribution in [-0.2, 0) is 6.54 Å². The molecule has 0 amide bonds. The van der Waals surface area contributed by atoms with Crippen molar-refractivity contribution >= 4 is 5.96 Å². The lowest BCUT2D eigenvalue weighted by Gasteiger charge is -2.23. The van der Waals surface area contributed by atoms with Crippen molar-refractivity contribution in [1.82, 2.24) is 20.5 Å². The van der Waals surface area contributed by atoms with Crippen LogP contribution in [-0.4, -0.2) is 48.6 Å². The zero-order chi connectivity index (χ0) is 18.8. The van der Waals surface area contributed by atoms with Crippen LogP contribution in [0.2, 0.25) is 0 Å². The van der Waals surface area contributed by atoms with Crippen LogP contribution in [0.4, 0.5) is 0 Å². The second kappa shape index (κ2) is 10.6. The first kappa shape index (κ1) is 20.0. The van der Waals surface area contributed by atoms with Crippen molar-refractivity contribution in [2.75, 3.05) is 26.7 Å². The van der Waals surface area contributed by atoms with E-state index in [1.165, 1.54) is 0 Å². The number of likely N-dealkylation sites (N-methyl/N-ethyl adjacent to an activating group) is 1. The van der Waals surface area contributed by atoms with Crippen molar-refractivity contribution in [2.45, 2.75) is 39.8 Å². The van der Waals surface area contributed by atoms with Crippen LogP contribution in [0.5, 0.6) is 0 Å². The van der Waals surface area contributed by atoms with Gasteiger partial charge in [0.2, 0.25) is 5.89 Å². The standard InChI is InChI=1S/C20H31N5O/c1-5-16(3)25(4)13-12-22-20(21-6-2)23-14-18-15-26-19(24-18)17-10-8-7-9-11-17/h7-11,15-16H,5-6,12-14H2,1-4H3,(H2,21,22,23). The number of nitrogens with zero attached hydrogens (tertiary/aromatic N) is 3. The van der Waals surface area contributed by atoms with Crippen LogP contribution in [0.25, 0.3) is 11.5 Å². The van der Waals surface area contributed by atoms with Crippen LogP contribution < -0.4 is 10.6 Å². The van der Waals surface area contributed by atoms with Gasteiger partial charge < -0.3 is 20.0 Å². The monoisotopic (exact) mass is 357 g/mol. The van der Waals surface area contributed by atoms with E-state index in [0.717, 1.165) is 43.3 Å². The Hall–Kier alpha value is -2.34. The third-order valence-corrected chi connectivity index (χ3v) is 4.42. The lowest BCUT2D eigenvalue weighted by atomic mass is 10.2. The molecule has 0 bridgehead atoms. The van der Waals surface area contributed by atoms with Gasteiger partial charge in [-0.2, -0.15) is 0 Å². The fraction of sp³-hybridized carbons (Fsp3) is 0.500. The molecule has 0 saturated carbocycles. The SMILES string of the molecule is CCNC(=NCc1coc(-c2ccccc2)n1)NCCN(C)C(C)CC. The van der Waals surface area contributed by atoms with Gasteiger partial charge in [-0.1, -0.05) is 25.1 Å². The lowest BCUT2D eigenvalue weighted by Crippen LogP contribution is -2.42. The van der Waals surface area contributed by atoms with Gasteiger partial charge in [-0.15, -0.1) is 0 Å². The van der Waals surface area contributed by atoms with E-state index in [-0.39, 0.29) is 0 Å². The quantitative estimate of drug-likeness (QED) is 0.533. The highest BCUT2D eigenvalue weighted by molar-refractivity contribution is 5.79. The van der Waals surface area contributed by atoms with Crippen LogP contribution in [0.3, 0.4) is 0 Å². The Morgan fingerprint density at radius 3 is 2.69 bits per heavy atom. The Bertz CT molecular complexity index is 668. The van der Waals surface area contributed by atoms with Crippen LogP contribution in [0, 0.1) is 0 Å². The Kier molecular flexibility index (Phi) is 8.15. The van der Waals surface area contributed by atoms with Crippen LogP contribution >= 0.6 is 0 Å². The molecular weight excluding hydrogens is 326 g/mol. The van der Waals surface area contributed by atoms with Crippen molar-refractivity contribution in [1.29, 1.82) is 0 Å². The number of guanidine groups is 1. The van der Waals surface area contributed by atoms with Crippen LogP contribution in [0.1, 0.15) is 32.9 Å². The number of rotatable bonds is 9. The molecule has 142 valence electrons. The molecule has 0 radical (unpaired) electrons. The predicted octanol–water partition coefficient (Wildman–Crippen LogP) is 3.13. The Balaban J connectivity index is 1.89. The van der Waals surface area contributed by atoms with E-state index in [1.807, 2.05) is 30.3 Å². The van der Waals surface area contributed by atoms with E-state index < -0.39 is 0 Å². The van der Waals surface area contributed by atoms with Gasteiger partial charge in [0.1, 0.15) is 12.0 Å². The van der Waals surface area contributed by atoms with Crippen molar-refractivity contribution in [3.8, 4) is 11.5 Å². The summed E-state index contributed by atoms with van der Waals surface area (Å²) in [5.74, 6) is 1.43. The highest BCUT2D eigenvalue weighted by atomic mass is 16.3. The van der Waals surface area contributed by atoms with E-state index >= 15 is 0 Å². The van der Waals surface area contributed by atoms with Gasteiger partial charge in [0, 0.05) is 31.2 Å². The third-order valence-electron chi connectivity index (χ3n) is 4.42. The van der Waals surface area contributed by atoms with Crippen molar-refractivity contribution in [3.63, 3.8) is 0 Å². The molecule has 1 aromatic carbocycles. The first-order chi connectivity index (χ1) is 12.6. The summed E-state index contributed by atoms with van der Waals surface area (Å²) in [5.41, 5.74) is 1.79. The van der Waals surface area contributed by atoms with Gasteiger partial charge in [0.25, 0.3) is 0 Å². The van der Waals surface area contributed by atoms with Gasteiger partial charge in [-0.3, -0.25) is 0 Å². The summed E-state index contributed by atoms with van der Waals surface area (Å²) in [6, 6.07) is 10.5. The highest BCUT2D eigenvalue weighted by Crippen LogP contribution is 2.18. The fourth-order valence-corrected chi connectivity index (χ4v) is 2.48. The molecule has 2 aromatic rings. The molecule has 6 nitrogen and oxygen atoms in total. The van der Waals surface area contributed by atoms with E-state index in [1.54, 1.807) is 6.26 Å². The summed E-state index contributed by atoms with van der Waals surface area (Å²) >= 11 is 0. The Morgan fingerprint density at radius 1 is 1.23 bits per heavy atom.